The largest absolute Gasteiger partial charge is 0.505 e. The Labute approximate surface area is 128 Å². The van der Waals surface area contributed by atoms with Crippen LogP contribution in [0.3, 0.4) is 0 Å². The van der Waals surface area contributed by atoms with Gasteiger partial charge in [0.15, 0.2) is 0 Å². The first-order chi connectivity index (χ1) is 10.7. The fourth-order valence-corrected chi connectivity index (χ4v) is 2.57. The second kappa shape index (κ2) is 5.97. The molecule has 2 heterocycles. The first-order valence-corrected chi connectivity index (χ1v) is 7.22. The molecule has 5 nitrogen and oxygen atoms in total. The van der Waals surface area contributed by atoms with Crippen LogP contribution in [0.5, 0.6) is 11.5 Å². The summed E-state index contributed by atoms with van der Waals surface area (Å²) in [6.07, 6.45) is 5.29. The molecule has 114 valence electrons. The quantitative estimate of drug-likeness (QED) is 0.766. The molecule has 1 aromatic carbocycles. The lowest BCUT2D eigenvalue weighted by molar-refractivity contribution is 0.414. The molecule has 1 aliphatic heterocycles. The van der Waals surface area contributed by atoms with E-state index in [1.807, 2.05) is 25.3 Å². The van der Waals surface area contributed by atoms with Gasteiger partial charge in [0.2, 0.25) is 0 Å². The van der Waals surface area contributed by atoms with Crippen molar-refractivity contribution in [3.63, 3.8) is 0 Å². The van der Waals surface area contributed by atoms with Gasteiger partial charge in [-0.1, -0.05) is 12.1 Å². The Bertz CT molecular complexity index is 798. The van der Waals surface area contributed by atoms with Crippen molar-refractivity contribution >= 4 is 12.4 Å². The zero-order chi connectivity index (χ0) is 15.5. The van der Waals surface area contributed by atoms with Crippen LogP contribution in [-0.2, 0) is 12.8 Å². The molecule has 2 aromatic rings. The zero-order valence-electron chi connectivity index (χ0n) is 12.7. The van der Waals surface area contributed by atoms with Crippen LogP contribution in [0.2, 0.25) is 0 Å². The molecule has 1 aromatic heterocycles. The Balaban J connectivity index is 1.88. The maximum atomic E-state index is 10.1. The lowest BCUT2D eigenvalue weighted by Gasteiger charge is -2.12. The van der Waals surface area contributed by atoms with E-state index in [1.54, 1.807) is 13.3 Å². The van der Waals surface area contributed by atoms with Gasteiger partial charge in [-0.15, -0.1) is 0 Å². The third-order valence-electron chi connectivity index (χ3n) is 3.83. The van der Waals surface area contributed by atoms with E-state index in [2.05, 4.69) is 28.0 Å². The van der Waals surface area contributed by atoms with Crippen molar-refractivity contribution in [1.29, 1.82) is 0 Å². The SMILES string of the molecule is COc1ccc(CCc2nc(C)c(O)c3c2=CNNC=3)cc1. The molecule has 1 aliphatic rings. The van der Waals surface area contributed by atoms with Gasteiger partial charge in [0.1, 0.15) is 11.5 Å². The van der Waals surface area contributed by atoms with Crippen molar-refractivity contribution in [1.82, 2.24) is 15.8 Å². The number of methoxy groups -OCH3 is 1. The van der Waals surface area contributed by atoms with E-state index in [4.69, 9.17) is 4.74 Å². The van der Waals surface area contributed by atoms with Crippen LogP contribution in [-0.4, -0.2) is 17.2 Å². The van der Waals surface area contributed by atoms with Gasteiger partial charge >= 0.3 is 0 Å². The monoisotopic (exact) mass is 297 g/mol. The van der Waals surface area contributed by atoms with Crippen LogP contribution >= 0.6 is 0 Å². The first kappa shape index (κ1) is 14.3. The van der Waals surface area contributed by atoms with E-state index in [0.29, 0.717) is 5.69 Å². The number of fused-ring (bicyclic) bond motifs is 1. The average Bonchev–Trinajstić information content (AvgIpc) is 2.57. The molecule has 0 bridgehead atoms. The summed E-state index contributed by atoms with van der Waals surface area (Å²) in [4.78, 5) is 4.54. The third kappa shape index (κ3) is 2.70. The molecule has 0 radical (unpaired) electrons. The number of aromatic hydroxyl groups is 1. The van der Waals surface area contributed by atoms with E-state index in [9.17, 15) is 5.11 Å². The molecule has 5 heteroatoms. The van der Waals surface area contributed by atoms with Gasteiger partial charge in [-0.3, -0.25) is 4.98 Å². The molecule has 0 fully saturated rings. The Hall–Kier alpha value is -2.69. The van der Waals surface area contributed by atoms with Gasteiger partial charge in [-0.05, 0) is 37.5 Å². The summed E-state index contributed by atoms with van der Waals surface area (Å²) in [7, 11) is 1.66. The molecular weight excluding hydrogens is 278 g/mol. The topological polar surface area (TPSA) is 66.4 Å². The van der Waals surface area contributed by atoms with E-state index in [1.165, 1.54) is 5.56 Å². The highest BCUT2D eigenvalue weighted by Gasteiger charge is 2.09. The molecule has 0 amide bonds. The minimum Gasteiger partial charge on any atom is -0.505 e. The second-order valence-corrected chi connectivity index (χ2v) is 5.25. The molecule has 0 unspecified atom stereocenters. The molecule has 0 saturated heterocycles. The summed E-state index contributed by atoms with van der Waals surface area (Å²) in [6, 6.07) is 8.06. The molecular formula is C17H19N3O2. The van der Waals surface area contributed by atoms with Crippen molar-refractivity contribution < 1.29 is 9.84 Å². The van der Waals surface area contributed by atoms with Gasteiger partial charge in [0.25, 0.3) is 0 Å². The predicted molar refractivity (Wildman–Crippen MR) is 85.5 cm³/mol. The van der Waals surface area contributed by atoms with Crippen LogP contribution in [0.25, 0.3) is 12.4 Å². The van der Waals surface area contributed by atoms with Crippen molar-refractivity contribution in [2.24, 2.45) is 0 Å². The van der Waals surface area contributed by atoms with Gasteiger partial charge in [-0.25, -0.2) is 0 Å². The van der Waals surface area contributed by atoms with Crippen molar-refractivity contribution in [3.05, 3.63) is 51.7 Å². The number of rotatable bonds is 4. The van der Waals surface area contributed by atoms with Crippen LogP contribution in [0.15, 0.2) is 24.3 Å². The summed E-state index contributed by atoms with van der Waals surface area (Å²) in [5.74, 6) is 1.09. The fraction of sp³-hybridized carbons (Fsp3) is 0.235. The molecule has 22 heavy (non-hydrogen) atoms. The number of pyridine rings is 1. The van der Waals surface area contributed by atoms with Crippen molar-refractivity contribution in [2.45, 2.75) is 19.8 Å². The Kier molecular flexibility index (Phi) is 3.87. The smallest absolute Gasteiger partial charge is 0.146 e. The number of hydrazine groups is 1. The first-order valence-electron chi connectivity index (χ1n) is 7.22. The minimum atomic E-state index is 0.230. The van der Waals surface area contributed by atoms with Gasteiger partial charge in [0, 0.05) is 22.8 Å². The van der Waals surface area contributed by atoms with Crippen molar-refractivity contribution in [3.8, 4) is 11.5 Å². The third-order valence-corrected chi connectivity index (χ3v) is 3.83. The number of benzene rings is 1. The zero-order valence-corrected chi connectivity index (χ0v) is 12.7. The van der Waals surface area contributed by atoms with Crippen LogP contribution in [0.1, 0.15) is 17.0 Å². The van der Waals surface area contributed by atoms with E-state index >= 15 is 0 Å². The van der Waals surface area contributed by atoms with Crippen LogP contribution in [0.4, 0.5) is 0 Å². The number of aryl methyl sites for hydroxylation is 3. The average molecular weight is 297 g/mol. The van der Waals surface area contributed by atoms with Gasteiger partial charge < -0.3 is 20.7 Å². The summed E-state index contributed by atoms with van der Waals surface area (Å²) in [5, 5.41) is 11.8. The number of hydrogen-bond acceptors (Lipinski definition) is 5. The second-order valence-electron chi connectivity index (χ2n) is 5.25. The standard InChI is InChI=1S/C17H19N3O2/c1-11-17(21)15-10-19-18-9-14(15)16(20-11)8-5-12-3-6-13(22-2)7-4-12/h3-4,6-7,9-10,18-19,21H,5,8H2,1-2H3. The number of aromatic nitrogens is 1. The van der Waals surface area contributed by atoms with E-state index in [-0.39, 0.29) is 5.75 Å². The predicted octanol–water partition coefficient (Wildman–Crippen LogP) is 0.473. The Morgan fingerprint density at radius 3 is 2.41 bits per heavy atom. The summed E-state index contributed by atoms with van der Waals surface area (Å²) >= 11 is 0. The minimum absolute atomic E-state index is 0.230. The molecule has 0 saturated carbocycles. The maximum Gasteiger partial charge on any atom is 0.146 e. The Morgan fingerprint density at radius 2 is 1.73 bits per heavy atom. The number of nitrogens with one attached hydrogen (secondary N) is 2. The fourth-order valence-electron chi connectivity index (χ4n) is 2.57. The highest BCUT2D eigenvalue weighted by Crippen LogP contribution is 2.13. The number of ether oxygens (including phenoxy) is 1. The molecule has 3 rings (SSSR count). The molecule has 0 aliphatic carbocycles. The van der Waals surface area contributed by atoms with Crippen LogP contribution in [0, 0.1) is 6.92 Å². The summed E-state index contributed by atoms with van der Waals surface area (Å²) < 4.78 is 5.17. The maximum absolute atomic E-state index is 10.1. The lowest BCUT2D eigenvalue weighted by Crippen LogP contribution is -2.42. The summed E-state index contributed by atoms with van der Waals surface area (Å²) in [5.41, 5.74) is 8.69. The normalized spacial score (nSPS) is 12.3. The lowest BCUT2D eigenvalue weighted by atomic mass is 10.0. The molecule has 0 spiro atoms. The highest BCUT2D eigenvalue weighted by molar-refractivity contribution is 5.44. The van der Waals surface area contributed by atoms with E-state index in [0.717, 1.165) is 34.7 Å². The number of nitrogens with zero attached hydrogens (tertiary/aromatic N) is 1. The highest BCUT2D eigenvalue weighted by atomic mass is 16.5. The van der Waals surface area contributed by atoms with Crippen LogP contribution < -0.4 is 26.0 Å². The summed E-state index contributed by atoms with van der Waals surface area (Å²) in [6.45, 7) is 1.82. The molecule has 3 N–H and O–H groups in total. The van der Waals surface area contributed by atoms with Gasteiger partial charge in [0.05, 0.1) is 18.5 Å². The van der Waals surface area contributed by atoms with Gasteiger partial charge in [-0.2, -0.15) is 0 Å². The van der Waals surface area contributed by atoms with Crippen molar-refractivity contribution in [2.75, 3.05) is 7.11 Å². The molecule has 0 atom stereocenters. The number of hydrogen-bond donors (Lipinski definition) is 3. The van der Waals surface area contributed by atoms with E-state index < -0.39 is 0 Å². The Morgan fingerprint density at radius 1 is 1.05 bits per heavy atom.